The molecule has 0 amide bonds. The van der Waals surface area contributed by atoms with E-state index in [1.807, 2.05) is 6.07 Å². The van der Waals surface area contributed by atoms with Crippen LogP contribution >= 0.6 is 11.3 Å². The van der Waals surface area contributed by atoms with Gasteiger partial charge < -0.3 is 10.3 Å². The third-order valence-electron chi connectivity index (χ3n) is 3.45. The highest BCUT2D eigenvalue weighted by Gasteiger charge is 2.11. The van der Waals surface area contributed by atoms with Gasteiger partial charge in [-0.2, -0.15) is 0 Å². The lowest BCUT2D eigenvalue weighted by Crippen LogP contribution is -2.04. The molecule has 3 aromatic rings. The summed E-state index contributed by atoms with van der Waals surface area (Å²) >= 11 is 1.79. The standard InChI is InChI=1S/C15H17N3S/c1-3-11-6-7-19-14(11)9-18-13-8-10(2)4-5-12(13)17-15(18)16/h4-8H,3,9H2,1-2H3,(H2,16,17). The molecule has 2 heterocycles. The Morgan fingerprint density at radius 1 is 1.32 bits per heavy atom. The number of hydrogen-bond donors (Lipinski definition) is 1. The van der Waals surface area contributed by atoms with Gasteiger partial charge in [0.05, 0.1) is 17.6 Å². The monoisotopic (exact) mass is 271 g/mol. The molecule has 0 aliphatic rings. The van der Waals surface area contributed by atoms with Gasteiger partial charge >= 0.3 is 0 Å². The fourth-order valence-corrected chi connectivity index (χ4v) is 3.35. The number of nitrogen functional groups attached to an aromatic ring is 1. The lowest BCUT2D eigenvalue weighted by molar-refractivity contribution is 0.841. The maximum absolute atomic E-state index is 6.07. The third-order valence-corrected chi connectivity index (χ3v) is 4.40. The minimum Gasteiger partial charge on any atom is -0.369 e. The molecule has 0 spiro atoms. The molecule has 0 unspecified atom stereocenters. The lowest BCUT2D eigenvalue weighted by Gasteiger charge is -2.07. The van der Waals surface area contributed by atoms with Gasteiger partial charge in [0, 0.05) is 4.88 Å². The topological polar surface area (TPSA) is 43.8 Å². The maximum Gasteiger partial charge on any atom is 0.201 e. The molecule has 0 saturated carbocycles. The van der Waals surface area contributed by atoms with Crippen LogP contribution in [-0.2, 0) is 13.0 Å². The Bertz CT molecular complexity index is 724. The molecule has 0 saturated heterocycles. The number of benzene rings is 1. The predicted octanol–water partition coefficient (Wildman–Crippen LogP) is 3.60. The molecule has 0 bridgehead atoms. The van der Waals surface area contributed by atoms with Crippen molar-refractivity contribution in [2.75, 3.05) is 5.73 Å². The quantitative estimate of drug-likeness (QED) is 0.791. The van der Waals surface area contributed by atoms with Gasteiger partial charge in [0.15, 0.2) is 0 Å². The summed E-state index contributed by atoms with van der Waals surface area (Å²) in [4.78, 5) is 5.81. The van der Waals surface area contributed by atoms with Crippen molar-refractivity contribution < 1.29 is 0 Å². The SMILES string of the molecule is CCc1ccsc1Cn1c(N)nc2ccc(C)cc21. The summed E-state index contributed by atoms with van der Waals surface area (Å²) in [6.45, 7) is 5.09. The Morgan fingerprint density at radius 3 is 2.95 bits per heavy atom. The zero-order chi connectivity index (χ0) is 13.4. The molecular weight excluding hydrogens is 254 g/mol. The van der Waals surface area contributed by atoms with Crippen LogP contribution < -0.4 is 5.73 Å². The van der Waals surface area contributed by atoms with Crippen LogP contribution in [0, 0.1) is 6.92 Å². The van der Waals surface area contributed by atoms with E-state index in [-0.39, 0.29) is 0 Å². The molecule has 1 aromatic carbocycles. The molecule has 0 radical (unpaired) electrons. The Kier molecular flexibility index (Phi) is 3.03. The van der Waals surface area contributed by atoms with Gasteiger partial charge in [-0.05, 0) is 48.1 Å². The van der Waals surface area contributed by atoms with Gasteiger partial charge in [0.25, 0.3) is 0 Å². The van der Waals surface area contributed by atoms with E-state index in [1.54, 1.807) is 11.3 Å². The summed E-state index contributed by atoms with van der Waals surface area (Å²) in [5.41, 5.74) is 10.8. The Morgan fingerprint density at radius 2 is 2.16 bits per heavy atom. The summed E-state index contributed by atoms with van der Waals surface area (Å²) < 4.78 is 2.10. The van der Waals surface area contributed by atoms with Gasteiger partial charge in [-0.1, -0.05) is 13.0 Å². The van der Waals surface area contributed by atoms with Crippen molar-refractivity contribution in [1.29, 1.82) is 0 Å². The molecule has 0 aliphatic carbocycles. The third kappa shape index (κ3) is 2.12. The number of hydrogen-bond acceptors (Lipinski definition) is 3. The van der Waals surface area contributed by atoms with Gasteiger partial charge in [0.1, 0.15) is 0 Å². The molecule has 98 valence electrons. The van der Waals surface area contributed by atoms with Crippen LogP contribution in [-0.4, -0.2) is 9.55 Å². The van der Waals surface area contributed by atoms with E-state index in [0.29, 0.717) is 5.95 Å². The van der Waals surface area contributed by atoms with Crippen LogP contribution in [0.5, 0.6) is 0 Å². The highest BCUT2D eigenvalue weighted by atomic mass is 32.1. The average Bonchev–Trinajstić information content (AvgIpc) is 2.96. The Hall–Kier alpha value is -1.81. The molecule has 3 rings (SSSR count). The number of rotatable bonds is 3. The van der Waals surface area contributed by atoms with Gasteiger partial charge in [-0.3, -0.25) is 0 Å². The number of aryl methyl sites for hydroxylation is 2. The molecule has 19 heavy (non-hydrogen) atoms. The van der Waals surface area contributed by atoms with Crippen molar-refractivity contribution in [3.63, 3.8) is 0 Å². The molecule has 0 aliphatic heterocycles. The Labute approximate surface area is 116 Å². The van der Waals surface area contributed by atoms with Crippen LogP contribution in [0.4, 0.5) is 5.95 Å². The first kappa shape index (κ1) is 12.2. The molecule has 4 heteroatoms. The Balaban J connectivity index is 2.09. The molecular formula is C15H17N3S. The van der Waals surface area contributed by atoms with Gasteiger partial charge in [0.2, 0.25) is 5.95 Å². The molecule has 0 atom stereocenters. The van der Waals surface area contributed by atoms with Crippen LogP contribution in [0.1, 0.15) is 22.9 Å². The van der Waals surface area contributed by atoms with Crippen molar-refractivity contribution in [2.24, 2.45) is 0 Å². The fraction of sp³-hybridized carbons (Fsp3) is 0.267. The molecule has 2 aromatic heterocycles. The van der Waals surface area contributed by atoms with E-state index in [0.717, 1.165) is 24.0 Å². The second-order valence-corrected chi connectivity index (χ2v) is 5.77. The van der Waals surface area contributed by atoms with E-state index in [4.69, 9.17) is 5.73 Å². The van der Waals surface area contributed by atoms with E-state index in [2.05, 4.69) is 47.0 Å². The van der Waals surface area contributed by atoms with E-state index in [1.165, 1.54) is 16.0 Å². The number of fused-ring (bicyclic) bond motifs is 1. The number of thiophene rings is 1. The lowest BCUT2D eigenvalue weighted by atomic mass is 10.2. The second kappa shape index (κ2) is 4.70. The molecule has 0 fully saturated rings. The summed E-state index contributed by atoms with van der Waals surface area (Å²) in [5, 5.41) is 2.15. The normalized spacial score (nSPS) is 11.3. The van der Waals surface area contributed by atoms with E-state index >= 15 is 0 Å². The second-order valence-electron chi connectivity index (χ2n) is 4.77. The minimum atomic E-state index is 0.594. The number of imidazole rings is 1. The van der Waals surface area contributed by atoms with Crippen LogP contribution in [0.3, 0.4) is 0 Å². The first-order chi connectivity index (χ1) is 9.19. The molecule has 2 N–H and O–H groups in total. The summed E-state index contributed by atoms with van der Waals surface area (Å²) in [7, 11) is 0. The number of anilines is 1. The highest BCUT2D eigenvalue weighted by molar-refractivity contribution is 7.10. The summed E-state index contributed by atoms with van der Waals surface area (Å²) in [6, 6.07) is 8.45. The smallest absolute Gasteiger partial charge is 0.201 e. The van der Waals surface area contributed by atoms with Gasteiger partial charge in [-0.25, -0.2) is 4.98 Å². The predicted molar refractivity (Wildman–Crippen MR) is 81.7 cm³/mol. The van der Waals surface area contributed by atoms with Crippen LogP contribution in [0.25, 0.3) is 11.0 Å². The van der Waals surface area contributed by atoms with E-state index < -0.39 is 0 Å². The fourth-order valence-electron chi connectivity index (χ4n) is 2.38. The van der Waals surface area contributed by atoms with Crippen molar-refractivity contribution >= 4 is 28.3 Å². The first-order valence-corrected chi connectivity index (χ1v) is 7.34. The van der Waals surface area contributed by atoms with Crippen LogP contribution in [0.2, 0.25) is 0 Å². The average molecular weight is 271 g/mol. The highest BCUT2D eigenvalue weighted by Crippen LogP contribution is 2.24. The van der Waals surface area contributed by atoms with Crippen molar-refractivity contribution in [2.45, 2.75) is 26.8 Å². The van der Waals surface area contributed by atoms with Crippen molar-refractivity contribution in [1.82, 2.24) is 9.55 Å². The van der Waals surface area contributed by atoms with Crippen molar-refractivity contribution in [3.05, 3.63) is 45.6 Å². The zero-order valence-electron chi connectivity index (χ0n) is 11.2. The maximum atomic E-state index is 6.07. The number of nitrogens with two attached hydrogens (primary N) is 1. The molecule has 3 nitrogen and oxygen atoms in total. The van der Waals surface area contributed by atoms with Crippen molar-refractivity contribution in [3.8, 4) is 0 Å². The van der Waals surface area contributed by atoms with Gasteiger partial charge in [-0.15, -0.1) is 11.3 Å². The van der Waals surface area contributed by atoms with Crippen LogP contribution in [0.15, 0.2) is 29.6 Å². The zero-order valence-corrected chi connectivity index (χ0v) is 12.0. The first-order valence-electron chi connectivity index (χ1n) is 6.46. The minimum absolute atomic E-state index is 0.594. The largest absolute Gasteiger partial charge is 0.369 e. The van der Waals surface area contributed by atoms with E-state index in [9.17, 15) is 0 Å². The summed E-state index contributed by atoms with van der Waals surface area (Å²) in [5.74, 6) is 0.594. The summed E-state index contributed by atoms with van der Waals surface area (Å²) in [6.07, 6.45) is 1.06. The number of nitrogens with zero attached hydrogens (tertiary/aromatic N) is 2. The number of aromatic nitrogens is 2.